The number of amides is 1. The molecule has 156 valence electrons. The maximum Gasteiger partial charge on any atom is 0.266 e. The van der Waals surface area contributed by atoms with Crippen LogP contribution in [0, 0.1) is 27.6 Å². The molecule has 0 saturated carbocycles. The summed E-state index contributed by atoms with van der Waals surface area (Å²) in [7, 11) is 0. The number of aryl methyl sites for hydroxylation is 1. The highest BCUT2D eigenvalue weighted by molar-refractivity contribution is 14.1. The number of rotatable bonds is 6. The van der Waals surface area contributed by atoms with Gasteiger partial charge in [-0.25, -0.2) is 4.39 Å². The molecule has 31 heavy (non-hydrogen) atoms. The Morgan fingerprint density at radius 2 is 1.94 bits per heavy atom. The maximum absolute atomic E-state index is 13.8. The Labute approximate surface area is 202 Å². The summed E-state index contributed by atoms with van der Waals surface area (Å²) in [6.45, 7) is 2.45. The summed E-state index contributed by atoms with van der Waals surface area (Å²) in [5, 5.41) is 11.8. The first-order chi connectivity index (χ1) is 14.9. The Morgan fingerprint density at radius 3 is 2.58 bits per heavy atom. The summed E-state index contributed by atoms with van der Waals surface area (Å²) in [5.41, 5.74) is 2.75. The van der Waals surface area contributed by atoms with Crippen molar-refractivity contribution in [2.75, 3.05) is 5.32 Å². The number of carbonyl (C=O) groups is 1. The Bertz CT molecular complexity index is 1160. The summed E-state index contributed by atoms with van der Waals surface area (Å²) in [6.07, 6.45) is 1.45. The summed E-state index contributed by atoms with van der Waals surface area (Å²) >= 11 is 5.64. The van der Waals surface area contributed by atoms with E-state index in [1.807, 2.05) is 43.3 Å². The standard InChI is InChI=1S/C24H17BrFIN2O2/c1-15-6-8-16(9-7-15)14-31-23-19(25)11-17(12-21(23)27)10-18(13-28)24(30)29-22-5-3-2-4-20(22)26/h2-12H,14H2,1H3,(H,29,30)/b18-10-. The fraction of sp³-hybridized carbons (Fsp3) is 0.0833. The molecule has 3 rings (SSSR count). The minimum atomic E-state index is -0.682. The van der Waals surface area contributed by atoms with Crippen LogP contribution in [0.1, 0.15) is 16.7 Å². The lowest BCUT2D eigenvalue weighted by atomic mass is 10.1. The molecule has 0 heterocycles. The largest absolute Gasteiger partial charge is 0.487 e. The Balaban J connectivity index is 1.78. The minimum Gasteiger partial charge on any atom is -0.487 e. The summed E-state index contributed by atoms with van der Waals surface area (Å²) in [6, 6.07) is 19.3. The molecule has 0 aliphatic rings. The Kier molecular flexibility index (Phi) is 7.82. The van der Waals surface area contributed by atoms with Crippen LogP contribution in [-0.4, -0.2) is 5.91 Å². The number of carbonyl (C=O) groups excluding carboxylic acids is 1. The normalized spacial score (nSPS) is 11.0. The molecule has 4 nitrogen and oxygen atoms in total. The quantitative estimate of drug-likeness (QED) is 0.199. The molecule has 0 aromatic heterocycles. The number of nitrogens with zero attached hydrogens (tertiary/aromatic N) is 1. The smallest absolute Gasteiger partial charge is 0.266 e. The number of hydrogen-bond acceptors (Lipinski definition) is 3. The first-order valence-electron chi connectivity index (χ1n) is 9.22. The molecule has 3 aromatic carbocycles. The molecule has 0 unspecified atom stereocenters. The van der Waals surface area contributed by atoms with Crippen molar-refractivity contribution in [3.63, 3.8) is 0 Å². The molecule has 7 heteroatoms. The zero-order valence-corrected chi connectivity index (χ0v) is 20.2. The number of hydrogen-bond donors (Lipinski definition) is 1. The van der Waals surface area contributed by atoms with Crippen LogP contribution in [0.5, 0.6) is 5.75 Å². The summed E-state index contributed by atoms with van der Waals surface area (Å²) in [5.74, 6) is -0.577. The van der Waals surface area contributed by atoms with Gasteiger partial charge >= 0.3 is 0 Å². The van der Waals surface area contributed by atoms with Crippen LogP contribution in [0.4, 0.5) is 10.1 Å². The van der Waals surface area contributed by atoms with Crippen LogP contribution in [0.25, 0.3) is 6.08 Å². The number of para-hydroxylation sites is 1. The Hall–Kier alpha value is -2.70. The van der Waals surface area contributed by atoms with Gasteiger partial charge in [-0.3, -0.25) is 4.79 Å². The third-order valence-electron chi connectivity index (χ3n) is 4.32. The number of nitriles is 1. The van der Waals surface area contributed by atoms with Crippen LogP contribution >= 0.6 is 38.5 Å². The van der Waals surface area contributed by atoms with Crippen molar-refractivity contribution in [2.24, 2.45) is 0 Å². The van der Waals surface area contributed by atoms with E-state index in [0.29, 0.717) is 22.4 Å². The number of nitrogens with one attached hydrogen (secondary N) is 1. The van der Waals surface area contributed by atoms with E-state index >= 15 is 0 Å². The zero-order chi connectivity index (χ0) is 22.4. The van der Waals surface area contributed by atoms with E-state index in [-0.39, 0.29) is 11.3 Å². The third-order valence-corrected chi connectivity index (χ3v) is 5.71. The van der Waals surface area contributed by atoms with Crippen LogP contribution in [0.3, 0.4) is 0 Å². The second kappa shape index (κ2) is 10.6. The average molecular weight is 591 g/mol. The molecular formula is C24H17BrFIN2O2. The number of ether oxygens (including phenoxy) is 1. The van der Waals surface area contributed by atoms with Gasteiger partial charge in [0, 0.05) is 0 Å². The van der Waals surface area contributed by atoms with Gasteiger partial charge in [-0.05, 0) is 86.9 Å². The lowest BCUT2D eigenvalue weighted by Gasteiger charge is -2.12. The molecule has 0 radical (unpaired) electrons. The van der Waals surface area contributed by atoms with E-state index in [0.717, 1.165) is 9.13 Å². The van der Waals surface area contributed by atoms with Crippen molar-refractivity contribution < 1.29 is 13.9 Å². The average Bonchev–Trinajstić information content (AvgIpc) is 2.74. The number of benzene rings is 3. The van der Waals surface area contributed by atoms with Crippen molar-refractivity contribution in [1.29, 1.82) is 5.26 Å². The lowest BCUT2D eigenvalue weighted by molar-refractivity contribution is -0.112. The van der Waals surface area contributed by atoms with Crippen molar-refractivity contribution in [2.45, 2.75) is 13.5 Å². The highest BCUT2D eigenvalue weighted by atomic mass is 127. The van der Waals surface area contributed by atoms with Gasteiger partial charge < -0.3 is 10.1 Å². The van der Waals surface area contributed by atoms with Crippen LogP contribution in [0.15, 0.2) is 70.7 Å². The van der Waals surface area contributed by atoms with Crippen molar-refractivity contribution in [3.05, 3.63) is 96.8 Å². The van der Waals surface area contributed by atoms with Gasteiger partial charge in [-0.1, -0.05) is 42.0 Å². The third kappa shape index (κ3) is 6.15. The molecule has 0 spiro atoms. The number of anilines is 1. The zero-order valence-electron chi connectivity index (χ0n) is 16.5. The predicted octanol–water partition coefficient (Wildman–Crippen LogP) is 6.63. The van der Waals surface area contributed by atoms with Crippen molar-refractivity contribution in [3.8, 4) is 11.8 Å². The van der Waals surface area contributed by atoms with Crippen molar-refractivity contribution in [1.82, 2.24) is 0 Å². The monoisotopic (exact) mass is 590 g/mol. The molecule has 0 aliphatic carbocycles. The highest BCUT2D eigenvalue weighted by Crippen LogP contribution is 2.33. The van der Waals surface area contributed by atoms with E-state index in [2.05, 4.69) is 43.8 Å². The number of halogens is 3. The van der Waals surface area contributed by atoms with Gasteiger partial charge in [0.15, 0.2) is 0 Å². The molecule has 0 saturated heterocycles. The molecule has 1 N–H and O–H groups in total. The van der Waals surface area contributed by atoms with E-state index in [4.69, 9.17) is 4.74 Å². The van der Waals surface area contributed by atoms with Gasteiger partial charge in [-0.2, -0.15) is 5.26 Å². The second-order valence-corrected chi connectivity index (χ2v) is 8.71. The lowest BCUT2D eigenvalue weighted by Crippen LogP contribution is -2.14. The van der Waals surface area contributed by atoms with Gasteiger partial charge in [-0.15, -0.1) is 0 Å². The summed E-state index contributed by atoms with van der Waals surface area (Å²) in [4.78, 5) is 12.4. The van der Waals surface area contributed by atoms with Crippen LogP contribution in [0.2, 0.25) is 0 Å². The second-order valence-electron chi connectivity index (χ2n) is 6.69. The van der Waals surface area contributed by atoms with E-state index in [1.165, 1.54) is 29.8 Å². The molecule has 0 aliphatic heterocycles. The van der Waals surface area contributed by atoms with E-state index in [1.54, 1.807) is 12.1 Å². The maximum atomic E-state index is 13.8. The predicted molar refractivity (Wildman–Crippen MR) is 131 cm³/mol. The van der Waals surface area contributed by atoms with E-state index < -0.39 is 11.7 Å². The van der Waals surface area contributed by atoms with Gasteiger partial charge in [0.2, 0.25) is 0 Å². The fourth-order valence-corrected chi connectivity index (χ4v) is 4.48. The van der Waals surface area contributed by atoms with Crippen LogP contribution in [-0.2, 0) is 11.4 Å². The van der Waals surface area contributed by atoms with Gasteiger partial charge in [0.1, 0.15) is 29.8 Å². The molecule has 0 fully saturated rings. The summed E-state index contributed by atoms with van der Waals surface area (Å²) < 4.78 is 21.2. The molecule has 0 atom stereocenters. The molecule has 0 bridgehead atoms. The molecule has 3 aromatic rings. The van der Waals surface area contributed by atoms with Crippen LogP contribution < -0.4 is 10.1 Å². The Morgan fingerprint density at radius 1 is 1.23 bits per heavy atom. The van der Waals surface area contributed by atoms with E-state index in [9.17, 15) is 14.4 Å². The first-order valence-corrected chi connectivity index (χ1v) is 11.1. The minimum absolute atomic E-state index is 0.0178. The topological polar surface area (TPSA) is 62.1 Å². The fourth-order valence-electron chi connectivity index (χ4n) is 2.71. The molecular weight excluding hydrogens is 574 g/mol. The first kappa shape index (κ1) is 23.0. The van der Waals surface area contributed by atoms with Gasteiger partial charge in [0.05, 0.1) is 13.7 Å². The molecule has 1 amide bonds. The SMILES string of the molecule is Cc1ccc(COc2c(Br)cc(/C=C(/C#N)C(=O)Nc3ccccc3F)cc2I)cc1. The van der Waals surface area contributed by atoms with Gasteiger partial charge in [0.25, 0.3) is 5.91 Å². The van der Waals surface area contributed by atoms with Crippen molar-refractivity contribution >= 4 is 56.2 Å². The highest BCUT2D eigenvalue weighted by Gasteiger charge is 2.14.